The molecule has 4 rings (SSSR count). The highest BCUT2D eigenvalue weighted by Gasteiger charge is 2.47. The van der Waals surface area contributed by atoms with Crippen molar-refractivity contribution in [2.24, 2.45) is 5.92 Å². The number of fused-ring (bicyclic) bond motifs is 2. The van der Waals surface area contributed by atoms with E-state index in [1.54, 1.807) is 0 Å². The molecule has 2 aliphatic heterocycles. The summed E-state index contributed by atoms with van der Waals surface area (Å²) in [5, 5.41) is 0. The van der Waals surface area contributed by atoms with Gasteiger partial charge >= 0.3 is 0 Å². The highest BCUT2D eigenvalue weighted by Crippen LogP contribution is 2.48. The molecule has 0 spiro atoms. The third-order valence-electron chi connectivity index (χ3n) is 5.68. The first-order valence-electron chi connectivity index (χ1n) is 8.16. The summed E-state index contributed by atoms with van der Waals surface area (Å²) in [7, 11) is 2.33. The maximum atomic E-state index is 2.64. The molecule has 0 radical (unpaired) electrons. The first-order valence-corrected chi connectivity index (χ1v) is 8.16. The van der Waals surface area contributed by atoms with Gasteiger partial charge in [0.1, 0.15) is 0 Å². The van der Waals surface area contributed by atoms with Gasteiger partial charge in [-0.1, -0.05) is 60.7 Å². The molecular formula is C20H23N. The topological polar surface area (TPSA) is 3.24 Å². The lowest BCUT2D eigenvalue weighted by Gasteiger charge is -2.31. The van der Waals surface area contributed by atoms with Crippen LogP contribution in [0.1, 0.15) is 36.3 Å². The van der Waals surface area contributed by atoms with Gasteiger partial charge in [-0.25, -0.2) is 0 Å². The molecular weight excluding hydrogens is 254 g/mol. The van der Waals surface area contributed by atoms with Crippen molar-refractivity contribution in [3.8, 4) is 0 Å². The molecule has 0 saturated carbocycles. The quantitative estimate of drug-likeness (QED) is 0.808. The zero-order valence-corrected chi connectivity index (χ0v) is 12.7. The Hall–Kier alpha value is -1.60. The van der Waals surface area contributed by atoms with Gasteiger partial charge in [0.25, 0.3) is 0 Å². The molecule has 2 heterocycles. The molecule has 0 unspecified atom stereocenters. The Morgan fingerprint density at radius 1 is 0.857 bits per heavy atom. The Balaban J connectivity index is 1.75. The largest absolute Gasteiger partial charge is 0.300 e. The lowest BCUT2D eigenvalue weighted by Crippen LogP contribution is -2.29. The van der Waals surface area contributed by atoms with Crippen molar-refractivity contribution in [3.63, 3.8) is 0 Å². The van der Waals surface area contributed by atoms with E-state index >= 15 is 0 Å². The van der Waals surface area contributed by atoms with Crippen molar-refractivity contribution in [2.45, 2.75) is 37.3 Å². The van der Waals surface area contributed by atoms with Gasteiger partial charge in [-0.05, 0) is 43.4 Å². The fraction of sp³-hybridized carbons (Fsp3) is 0.400. The Bertz CT molecular complexity index is 552. The lowest BCUT2D eigenvalue weighted by atomic mass is 9.73. The number of rotatable bonds is 3. The van der Waals surface area contributed by atoms with Crippen molar-refractivity contribution in [3.05, 3.63) is 71.8 Å². The van der Waals surface area contributed by atoms with Crippen LogP contribution in [-0.2, 0) is 0 Å². The summed E-state index contributed by atoms with van der Waals surface area (Å²) in [5.74, 6) is 1.31. The third-order valence-corrected chi connectivity index (χ3v) is 5.68. The van der Waals surface area contributed by atoms with Crippen molar-refractivity contribution >= 4 is 0 Å². The van der Waals surface area contributed by atoms with E-state index in [0.29, 0.717) is 5.92 Å². The van der Waals surface area contributed by atoms with Crippen LogP contribution in [0.5, 0.6) is 0 Å². The Kier molecular flexibility index (Phi) is 3.31. The van der Waals surface area contributed by atoms with Crippen molar-refractivity contribution < 1.29 is 0 Å². The minimum absolute atomic E-state index is 0.546. The van der Waals surface area contributed by atoms with Crippen LogP contribution in [0, 0.1) is 5.92 Å². The highest BCUT2D eigenvalue weighted by molar-refractivity contribution is 5.34. The van der Waals surface area contributed by atoms with E-state index in [-0.39, 0.29) is 0 Å². The van der Waals surface area contributed by atoms with E-state index in [4.69, 9.17) is 0 Å². The second-order valence-electron chi connectivity index (χ2n) is 6.66. The van der Waals surface area contributed by atoms with E-state index in [1.807, 2.05) is 0 Å². The smallest absolute Gasteiger partial charge is 0.0134 e. The zero-order chi connectivity index (χ0) is 14.2. The summed E-state index contributed by atoms with van der Waals surface area (Å²) in [5.41, 5.74) is 2.96. The van der Waals surface area contributed by atoms with E-state index in [1.165, 1.54) is 30.4 Å². The van der Waals surface area contributed by atoms with Crippen LogP contribution in [0.15, 0.2) is 60.7 Å². The van der Waals surface area contributed by atoms with Gasteiger partial charge in [-0.15, -0.1) is 0 Å². The normalized spacial score (nSPS) is 28.4. The Morgan fingerprint density at radius 2 is 1.43 bits per heavy atom. The summed E-state index contributed by atoms with van der Waals surface area (Å²) in [6, 6.07) is 23.8. The molecule has 2 aliphatic rings. The van der Waals surface area contributed by atoms with Gasteiger partial charge in [0.05, 0.1) is 0 Å². The predicted octanol–water partition coefficient (Wildman–Crippen LogP) is 4.30. The second kappa shape index (κ2) is 5.31. The van der Waals surface area contributed by atoms with Crippen molar-refractivity contribution in [1.82, 2.24) is 4.90 Å². The monoisotopic (exact) mass is 277 g/mol. The van der Waals surface area contributed by atoms with E-state index < -0.39 is 0 Å². The van der Waals surface area contributed by atoms with Crippen LogP contribution in [0.2, 0.25) is 0 Å². The highest BCUT2D eigenvalue weighted by atomic mass is 15.2. The van der Waals surface area contributed by atoms with E-state index in [9.17, 15) is 0 Å². The molecule has 2 bridgehead atoms. The summed E-state index contributed by atoms with van der Waals surface area (Å²) < 4.78 is 0. The molecule has 0 aromatic heterocycles. The minimum atomic E-state index is 0.546. The maximum absolute atomic E-state index is 2.64. The van der Waals surface area contributed by atoms with Crippen LogP contribution >= 0.6 is 0 Å². The fourth-order valence-electron chi connectivity index (χ4n) is 4.68. The summed E-state index contributed by atoms with van der Waals surface area (Å²) in [4.78, 5) is 2.64. The number of hydrogen-bond acceptors (Lipinski definition) is 1. The molecule has 1 nitrogen and oxygen atoms in total. The fourth-order valence-corrected chi connectivity index (χ4v) is 4.68. The van der Waals surface area contributed by atoms with Gasteiger partial charge in [0, 0.05) is 18.0 Å². The minimum Gasteiger partial charge on any atom is -0.300 e. The van der Waals surface area contributed by atoms with Crippen LogP contribution in [0.4, 0.5) is 0 Å². The molecule has 2 aromatic carbocycles. The van der Waals surface area contributed by atoms with Gasteiger partial charge in [0.15, 0.2) is 0 Å². The average molecular weight is 277 g/mol. The van der Waals surface area contributed by atoms with Crippen LogP contribution in [0.25, 0.3) is 0 Å². The van der Waals surface area contributed by atoms with Gasteiger partial charge in [0.2, 0.25) is 0 Å². The second-order valence-corrected chi connectivity index (χ2v) is 6.66. The van der Waals surface area contributed by atoms with Gasteiger partial charge in [-0.2, -0.15) is 0 Å². The van der Waals surface area contributed by atoms with Crippen molar-refractivity contribution in [2.75, 3.05) is 7.05 Å². The third kappa shape index (κ3) is 2.20. The molecule has 2 aromatic rings. The van der Waals surface area contributed by atoms with E-state index in [0.717, 1.165) is 18.0 Å². The van der Waals surface area contributed by atoms with Crippen LogP contribution < -0.4 is 0 Å². The number of hydrogen-bond donors (Lipinski definition) is 0. The SMILES string of the molecule is CN1[C@@H]2CC[C@H]1[C@H](C(c1ccccc1)c1ccccc1)C2. The van der Waals surface area contributed by atoms with Crippen LogP contribution in [-0.4, -0.2) is 24.0 Å². The number of nitrogens with zero attached hydrogens (tertiary/aromatic N) is 1. The lowest BCUT2D eigenvalue weighted by molar-refractivity contribution is 0.279. The summed E-state index contributed by atoms with van der Waals surface area (Å²) >= 11 is 0. The first kappa shape index (κ1) is 13.1. The Labute approximate surface area is 127 Å². The van der Waals surface area contributed by atoms with Gasteiger partial charge in [-0.3, -0.25) is 0 Å². The maximum Gasteiger partial charge on any atom is 0.0134 e. The zero-order valence-electron chi connectivity index (χ0n) is 12.7. The predicted molar refractivity (Wildman–Crippen MR) is 87.4 cm³/mol. The molecule has 0 amide bonds. The van der Waals surface area contributed by atoms with E-state index in [2.05, 4.69) is 72.6 Å². The summed E-state index contributed by atoms with van der Waals surface area (Å²) in [6.45, 7) is 0. The molecule has 0 N–H and O–H groups in total. The molecule has 2 fully saturated rings. The molecule has 1 heteroatoms. The standard InChI is InChI=1S/C20H23N/c1-21-17-12-13-19(21)18(14-17)20(15-8-4-2-5-9-15)16-10-6-3-7-11-16/h2-11,17-20H,12-14H2,1H3/t17-,18-,19+/m1/s1. The Morgan fingerprint density at radius 3 is 1.86 bits per heavy atom. The first-order chi connectivity index (χ1) is 10.3. The van der Waals surface area contributed by atoms with Gasteiger partial charge < -0.3 is 4.90 Å². The molecule has 3 atom stereocenters. The summed E-state index contributed by atoms with van der Waals surface area (Å²) in [6.07, 6.45) is 4.13. The number of benzene rings is 2. The van der Waals surface area contributed by atoms with Crippen molar-refractivity contribution in [1.29, 1.82) is 0 Å². The molecule has 21 heavy (non-hydrogen) atoms. The average Bonchev–Trinajstić information content (AvgIpc) is 3.05. The van der Waals surface area contributed by atoms with Crippen LogP contribution in [0.3, 0.4) is 0 Å². The molecule has 2 saturated heterocycles. The molecule has 0 aliphatic carbocycles. The molecule has 108 valence electrons.